The molecule has 1 N–H and O–H groups in total. The van der Waals surface area contributed by atoms with E-state index in [0.29, 0.717) is 0 Å². The molecule has 1 saturated heterocycles. The molecule has 1 atom stereocenters. The van der Waals surface area contributed by atoms with Gasteiger partial charge in [0.2, 0.25) is 5.91 Å². The van der Waals surface area contributed by atoms with Gasteiger partial charge in [-0.25, -0.2) is 4.98 Å². The zero-order chi connectivity index (χ0) is 19.9. The zero-order valence-corrected chi connectivity index (χ0v) is 16.4. The maximum atomic E-state index is 13.1. The molecular formula is C24H26N4O. The van der Waals surface area contributed by atoms with E-state index in [1.807, 2.05) is 36.4 Å². The van der Waals surface area contributed by atoms with Gasteiger partial charge in [-0.05, 0) is 30.4 Å². The molecule has 5 heteroatoms. The number of nitrogens with one attached hydrogen (secondary N) is 1. The van der Waals surface area contributed by atoms with Gasteiger partial charge in [-0.2, -0.15) is 0 Å². The van der Waals surface area contributed by atoms with Crippen LogP contribution in [-0.2, 0) is 11.2 Å². The summed E-state index contributed by atoms with van der Waals surface area (Å²) in [6, 6.07) is 20.5. The molecule has 0 aliphatic carbocycles. The third-order valence-electron chi connectivity index (χ3n) is 5.54. The summed E-state index contributed by atoms with van der Waals surface area (Å²) in [6.07, 6.45) is 7.62. The SMILES string of the molecule is O=C(NC(Cc1ccccc1)c1ccccc1)C1CCN(c2cnccn2)CC1. The fourth-order valence-electron chi connectivity index (χ4n) is 3.90. The minimum atomic E-state index is -0.0240. The normalized spacial score (nSPS) is 15.7. The molecule has 1 unspecified atom stereocenters. The van der Waals surface area contributed by atoms with Gasteiger partial charge in [0, 0.05) is 31.4 Å². The van der Waals surface area contributed by atoms with Crippen LogP contribution in [0.3, 0.4) is 0 Å². The molecule has 1 amide bonds. The Bertz CT molecular complexity index is 894. The molecule has 0 spiro atoms. The van der Waals surface area contributed by atoms with E-state index in [9.17, 15) is 4.79 Å². The fourth-order valence-corrected chi connectivity index (χ4v) is 3.90. The van der Waals surface area contributed by atoms with Gasteiger partial charge in [0.15, 0.2) is 0 Å². The van der Waals surface area contributed by atoms with Crippen molar-refractivity contribution in [2.75, 3.05) is 18.0 Å². The number of anilines is 1. The summed E-state index contributed by atoms with van der Waals surface area (Å²) in [6.45, 7) is 1.65. The lowest BCUT2D eigenvalue weighted by Gasteiger charge is -2.32. The first-order valence-electron chi connectivity index (χ1n) is 10.2. The number of nitrogens with zero attached hydrogens (tertiary/aromatic N) is 3. The van der Waals surface area contributed by atoms with Crippen LogP contribution in [0.5, 0.6) is 0 Å². The minimum Gasteiger partial charge on any atom is -0.355 e. The van der Waals surface area contributed by atoms with Crippen molar-refractivity contribution in [2.45, 2.75) is 25.3 Å². The number of rotatable bonds is 6. The van der Waals surface area contributed by atoms with E-state index in [1.54, 1.807) is 18.6 Å². The molecule has 0 bridgehead atoms. The van der Waals surface area contributed by atoms with E-state index in [2.05, 4.69) is 44.5 Å². The molecule has 2 heterocycles. The first kappa shape index (κ1) is 19.1. The average molecular weight is 386 g/mol. The maximum Gasteiger partial charge on any atom is 0.223 e. The van der Waals surface area contributed by atoms with Gasteiger partial charge in [-0.1, -0.05) is 60.7 Å². The molecular weight excluding hydrogens is 360 g/mol. The predicted molar refractivity (Wildman–Crippen MR) is 114 cm³/mol. The first-order valence-corrected chi connectivity index (χ1v) is 10.2. The second-order valence-corrected chi connectivity index (χ2v) is 7.49. The van der Waals surface area contributed by atoms with Gasteiger partial charge < -0.3 is 10.2 Å². The Labute approximate surface area is 171 Å². The Balaban J connectivity index is 1.40. The lowest BCUT2D eigenvalue weighted by Crippen LogP contribution is -2.42. The number of carbonyl (C=O) groups is 1. The standard InChI is InChI=1S/C24H26N4O/c29-24(21-11-15-28(16-12-21)23-18-25-13-14-26-23)27-22(20-9-5-2-6-10-20)17-19-7-3-1-4-8-19/h1-10,13-14,18,21-22H,11-12,15-17H2,(H,27,29). The van der Waals surface area contributed by atoms with E-state index in [-0.39, 0.29) is 17.9 Å². The molecule has 0 radical (unpaired) electrons. The number of hydrogen-bond acceptors (Lipinski definition) is 4. The highest BCUT2D eigenvalue weighted by atomic mass is 16.1. The third kappa shape index (κ3) is 4.99. The van der Waals surface area contributed by atoms with Crippen molar-refractivity contribution < 1.29 is 4.79 Å². The summed E-state index contributed by atoms with van der Waals surface area (Å²) >= 11 is 0. The average Bonchev–Trinajstić information content (AvgIpc) is 2.80. The molecule has 3 aromatic rings. The van der Waals surface area contributed by atoms with Gasteiger partial charge in [0.05, 0.1) is 12.2 Å². The lowest BCUT2D eigenvalue weighted by molar-refractivity contribution is -0.126. The van der Waals surface area contributed by atoms with Crippen LogP contribution in [0.25, 0.3) is 0 Å². The number of amides is 1. The number of carbonyl (C=O) groups excluding carboxylic acids is 1. The molecule has 29 heavy (non-hydrogen) atoms. The molecule has 0 saturated carbocycles. The summed E-state index contributed by atoms with van der Waals surface area (Å²) < 4.78 is 0. The van der Waals surface area contributed by atoms with Crippen LogP contribution in [0.4, 0.5) is 5.82 Å². The Morgan fingerprint density at radius 2 is 1.69 bits per heavy atom. The van der Waals surface area contributed by atoms with Crippen LogP contribution in [0, 0.1) is 5.92 Å². The summed E-state index contributed by atoms with van der Waals surface area (Å²) in [7, 11) is 0. The van der Waals surface area contributed by atoms with Crippen LogP contribution in [-0.4, -0.2) is 29.0 Å². The van der Waals surface area contributed by atoms with Gasteiger partial charge in [0.1, 0.15) is 5.82 Å². The fraction of sp³-hybridized carbons (Fsp3) is 0.292. The van der Waals surface area contributed by atoms with Gasteiger partial charge in [0.25, 0.3) is 0 Å². The van der Waals surface area contributed by atoms with Crippen LogP contribution >= 0.6 is 0 Å². The Kier molecular flexibility index (Phi) is 6.15. The maximum absolute atomic E-state index is 13.1. The second-order valence-electron chi connectivity index (χ2n) is 7.49. The second kappa shape index (κ2) is 9.32. The largest absolute Gasteiger partial charge is 0.355 e. The van der Waals surface area contributed by atoms with Crippen LogP contribution in [0.2, 0.25) is 0 Å². The molecule has 1 aromatic heterocycles. The topological polar surface area (TPSA) is 58.1 Å². The van der Waals surface area contributed by atoms with Crippen molar-refractivity contribution in [3.05, 3.63) is 90.4 Å². The van der Waals surface area contributed by atoms with E-state index < -0.39 is 0 Å². The van der Waals surface area contributed by atoms with Crippen molar-refractivity contribution in [3.63, 3.8) is 0 Å². The lowest BCUT2D eigenvalue weighted by atomic mass is 9.93. The van der Waals surface area contributed by atoms with E-state index >= 15 is 0 Å². The number of piperidine rings is 1. The summed E-state index contributed by atoms with van der Waals surface area (Å²) in [5.74, 6) is 1.07. The first-order chi connectivity index (χ1) is 14.3. The Hall–Kier alpha value is -3.21. The zero-order valence-electron chi connectivity index (χ0n) is 16.4. The monoisotopic (exact) mass is 386 g/mol. The number of hydrogen-bond donors (Lipinski definition) is 1. The highest BCUT2D eigenvalue weighted by Gasteiger charge is 2.27. The molecule has 1 fully saturated rings. The predicted octanol–water partition coefficient (Wildman–Crippen LogP) is 3.79. The van der Waals surface area contributed by atoms with Gasteiger partial charge in [-0.15, -0.1) is 0 Å². The van der Waals surface area contributed by atoms with Crippen molar-refractivity contribution in [3.8, 4) is 0 Å². The third-order valence-corrected chi connectivity index (χ3v) is 5.54. The highest BCUT2D eigenvalue weighted by molar-refractivity contribution is 5.79. The number of aromatic nitrogens is 2. The van der Waals surface area contributed by atoms with E-state index in [1.165, 1.54) is 5.56 Å². The van der Waals surface area contributed by atoms with Crippen molar-refractivity contribution in [1.29, 1.82) is 0 Å². The number of benzene rings is 2. The molecule has 4 rings (SSSR count). The van der Waals surface area contributed by atoms with Gasteiger partial charge in [-0.3, -0.25) is 9.78 Å². The molecule has 148 valence electrons. The summed E-state index contributed by atoms with van der Waals surface area (Å²) in [5.41, 5.74) is 2.36. The minimum absolute atomic E-state index is 0.0240. The molecule has 1 aliphatic rings. The smallest absolute Gasteiger partial charge is 0.223 e. The van der Waals surface area contributed by atoms with Crippen molar-refractivity contribution >= 4 is 11.7 Å². The van der Waals surface area contributed by atoms with Crippen LogP contribution in [0.1, 0.15) is 30.0 Å². The van der Waals surface area contributed by atoms with Crippen LogP contribution in [0.15, 0.2) is 79.3 Å². The summed E-state index contributed by atoms with van der Waals surface area (Å²) in [4.78, 5) is 23.8. The van der Waals surface area contributed by atoms with Crippen LogP contribution < -0.4 is 10.2 Å². The quantitative estimate of drug-likeness (QED) is 0.700. The summed E-state index contributed by atoms with van der Waals surface area (Å²) in [5, 5.41) is 3.32. The van der Waals surface area contributed by atoms with Gasteiger partial charge >= 0.3 is 0 Å². The Morgan fingerprint density at radius 1 is 1.00 bits per heavy atom. The highest BCUT2D eigenvalue weighted by Crippen LogP contribution is 2.24. The van der Waals surface area contributed by atoms with Crippen molar-refractivity contribution in [2.24, 2.45) is 5.92 Å². The van der Waals surface area contributed by atoms with E-state index in [0.717, 1.165) is 43.7 Å². The van der Waals surface area contributed by atoms with E-state index in [4.69, 9.17) is 0 Å². The molecule has 2 aromatic carbocycles. The van der Waals surface area contributed by atoms with Crippen molar-refractivity contribution in [1.82, 2.24) is 15.3 Å². The molecule has 1 aliphatic heterocycles. The Morgan fingerprint density at radius 3 is 2.34 bits per heavy atom. The molecule has 5 nitrogen and oxygen atoms in total.